The number of hydrogen-bond donors (Lipinski definition) is 1. The van der Waals surface area contributed by atoms with Crippen LogP contribution in [0.2, 0.25) is 5.02 Å². The molecule has 0 saturated heterocycles. The molecule has 1 aromatic rings. The van der Waals surface area contributed by atoms with Crippen molar-refractivity contribution in [3.8, 4) is 5.75 Å². The fraction of sp³-hybridized carbons (Fsp3) is 0.200. The largest absolute Gasteiger partial charge is 0.490 e. The van der Waals surface area contributed by atoms with Gasteiger partial charge in [-0.25, -0.2) is 0 Å². The van der Waals surface area contributed by atoms with Gasteiger partial charge in [-0.2, -0.15) is 0 Å². The SMILES string of the molecule is COc1cc(Cl)c(C=CCN)cc1[N+](=O)[O-]. The van der Waals surface area contributed by atoms with E-state index in [4.69, 9.17) is 22.1 Å². The summed E-state index contributed by atoms with van der Waals surface area (Å²) in [4.78, 5) is 10.2. The van der Waals surface area contributed by atoms with Gasteiger partial charge in [0.05, 0.1) is 17.1 Å². The van der Waals surface area contributed by atoms with Crippen LogP contribution in [0.5, 0.6) is 5.75 Å². The summed E-state index contributed by atoms with van der Waals surface area (Å²) in [6, 6.07) is 2.77. The fourth-order valence-electron chi connectivity index (χ4n) is 1.19. The maximum atomic E-state index is 10.8. The highest BCUT2D eigenvalue weighted by atomic mass is 35.5. The highest BCUT2D eigenvalue weighted by Crippen LogP contribution is 2.33. The van der Waals surface area contributed by atoms with Crippen LogP contribution < -0.4 is 10.5 Å². The molecule has 1 aromatic carbocycles. The second kappa shape index (κ2) is 5.48. The zero-order valence-electron chi connectivity index (χ0n) is 8.64. The standard InChI is InChI=1S/C10H11ClN2O3/c1-16-10-6-8(11)7(3-2-4-12)5-9(10)13(14)15/h2-3,5-6H,4,12H2,1H3. The molecule has 86 valence electrons. The molecule has 0 aliphatic rings. The fourth-order valence-corrected chi connectivity index (χ4v) is 1.41. The lowest BCUT2D eigenvalue weighted by Crippen LogP contribution is -1.95. The van der Waals surface area contributed by atoms with E-state index in [1.807, 2.05) is 0 Å². The number of hydrogen-bond acceptors (Lipinski definition) is 4. The molecule has 6 heteroatoms. The van der Waals surface area contributed by atoms with E-state index in [1.54, 1.807) is 12.2 Å². The normalized spacial score (nSPS) is 10.7. The molecule has 2 N–H and O–H groups in total. The van der Waals surface area contributed by atoms with E-state index in [0.29, 0.717) is 17.1 Å². The Bertz CT molecular complexity index is 432. The van der Waals surface area contributed by atoms with Crippen molar-refractivity contribution in [1.82, 2.24) is 0 Å². The average molecular weight is 243 g/mol. The van der Waals surface area contributed by atoms with Gasteiger partial charge in [-0.05, 0) is 5.56 Å². The highest BCUT2D eigenvalue weighted by molar-refractivity contribution is 6.32. The van der Waals surface area contributed by atoms with Gasteiger partial charge in [0.2, 0.25) is 0 Å². The van der Waals surface area contributed by atoms with Crippen LogP contribution in [0, 0.1) is 10.1 Å². The van der Waals surface area contributed by atoms with Gasteiger partial charge >= 0.3 is 5.69 Å². The number of rotatable bonds is 4. The molecule has 0 aliphatic carbocycles. The van der Waals surface area contributed by atoms with E-state index in [1.165, 1.54) is 19.2 Å². The van der Waals surface area contributed by atoms with E-state index in [-0.39, 0.29) is 11.4 Å². The van der Waals surface area contributed by atoms with E-state index < -0.39 is 4.92 Å². The van der Waals surface area contributed by atoms with Gasteiger partial charge < -0.3 is 10.5 Å². The van der Waals surface area contributed by atoms with Crippen molar-refractivity contribution in [2.24, 2.45) is 5.73 Å². The number of methoxy groups -OCH3 is 1. The Kier molecular flexibility index (Phi) is 4.28. The van der Waals surface area contributed by atoms with E-state index in [9.17, 15) is 10.1 Å². The lowest BCUT2D eigenvalue weighted by molar-refractivity contribution is -0.385. The summed E-state index contributed by atoms with van der Waals surface area (Å²) in [5.74, 6) is 0.139. The van der Waals surface area contributed by atoms with Gasteiger partial charge in [0.1, 0.15) is 0 Å². The molecule has 0 atom stereocenters. The second-order valence-electron chi connectivity index (χ2n) is 2.94. The van der Waals surface area contributed by atoms with Crippen LogP contribution in [0.25, 0.3) is 6.08 Å². The van der Waals surface area contributed by atoms with E-state index >= 15 is 0 Å². The van der Waals surface area contributed by atoms with Crippen molar-refractivity contribution in [2.75, 3.05) is 13.7 Å². The Balaban J connectivity index is 3.27. The predicted octanol–water partition coefficient (Wildman–Crippen LogP) is 2.23. The highest BCUT2D eigenvalue weighted by Gasteiger charge is 2.16. The molecule has 5 nitrogen and oxygen atoms in total. The van der Waals surface area contributed by atoms with Gasteiger partial charge in [0, 0.05) is 18.7 Å². The lowest BCUT2D eigenvalue weighted by Gasteiger charge is -2.04. The third kappa shape index (κ3) is 2.71. The third-order valence-corrected chi connectivity index (χ3v) is 2.26. The Morgan fingerprint density at radius 3 is 2.81 bits per heavy atom. The molecule has 0 spiro atoms. The maximum Gasteiger partial charge on any atom is 0.311 e. The maximum absolute atomic E-state index is 10.8. The number of nitro groups is 1. The minimum absolute atomic E-state index is 0.122. The van der Waals surface area contributed by atoms with Crippen molar-refractivity contribution in [1.29, 1.82) is 0 Å². The summed E-state index contributed by atoms with van der Waals surface area (Å²) in [6.45, 7) is 0.343. The Morgan fingerprint density at radius 1 is 1.62 bits per heavy atom. The van der Waals surface area contributed by atoms with Gasteiger partial charge in [-0.1, -0.05) is 23.8 Å². The van der Waals surface area contributed by atoms with E-state index in [2.05, 4.69) is 0 Å². The summed E-state index contributed by atoms with van der Waals surface area (Å²) in [7, 11) is 1.36. The molecule has 0 aromatic heterocycles. The van der Waals surface area contributed by atoms with Crippen LogP contribution >= 0.6 is 11.6 Å². The van der Waals surface area contributed by atoms with Crippen LogP contribution in [0.4, 0.5) is 5.69 Å². The summed E-state index contributed by atoms with van der Waals surface area (Å²) in [5, 5.41) is 11.1. The molecule has 0 aliphatic heterocycles. The van der Waals surface area contributed by atoms with E-state index in [0.717, 1.165) is 0 Å². The number of nitrogens with zero attached hydrogens (tertiary/aromatic N) is 1. The second-order valence-corrected chi connectivity index (χ2v) is 3.35. The number of benzene rings is 1. The number of nitro benzene ring substituents is 1. The first kappa shape index (κ1) is 12.5. The van der Waals surface area contributed by atoms with Crippen molar-refractivity contribution >= 4 is 23.4 Å². The number of ether oxygens (including phenoxy) is 1. The minimum atomic E-state index is -0.519. The monoisotopic (exact) mass is 242 g/mol. The Morgan fingerprint density at radius 2 is 2.31 bits per heavy atom. The van der Waals surface area contributed by atoms with Crippen LogP contribution in [0.3, 0.4) is 0 Å². The molecule has 0 bridgehead atoms. The molecule has 0 amide bonds. The van der Waals surface area contributed by atoms with Crippen molar-refractivity contribution in [3.63, 3.8) is 0 Å². The van der Waals surface area contributed by atoms with Crippen molar-refractivity contribution < 1.29 is 9.66 Å². The summed E-state index contributed by atoms with van der Waals surface area (Å²) >= 11 is 5.93. The first-order valence-corrected chi connectivity index (χ1v) is 4.86. The van der Waals surface area contributed by atoms with Crippen LogP contribution in [-0.2, 0) is 0 Å². The molecular formula is C10H11ClN2O3. The molecular weight excluding hydrogens is 232 g/mol. The number of nitrogens with two attached hydrogens (primary N) is 1. The zero-order valence-corrected chi connectivity index (χ0v) is 9.40. The average Bonchev–Trinajstić information content (AvgIpc) is 2.26. The Hall–Kier alpha value is -1.59. The van der Waals surface area contributed by atoms with Crippen LogP contribution in [0.1, 0.15) is 5.56 Å². The third-order valence-electron chi connectivity index (χ3n) is 1.93. The molecule has 0 fully saturated rings. The Labute approximate surface area is 97.6 Å². The van der Waals surface area contributed by atoms with Crippen molar-refractivity contribution in [2.45, 2.75) is 0 Å². The molecule has 1 rings (SSSR count). The zero-order chi connectivity index (χ0) is 12.1. The quantitative estimate of drug-likeness (QED) is 0.649. The molecule has 0 saturated carbocycles. The van der Waals surface area contributed by atoms with Crippen LogP contribution in [0.15, 0.2) is 18.2 Å². The predicted molar refractivity (Wildman–Crippen MR) is 62.7 cm³/mol. The number of halogens is 1. The van der Waals surface area contributed by atoms with Gasteiger partial charge in [-0.3, -0.25) is 10.1 Å². The van der Waals surface area contributed by atoms with Gasteiger partial charge in [-0.15, -0.1) is 0 Å². The first-order valence-electron chi connectivity index (χ1n) is 4.48. The van der Waals surface area contributed by atoms with Crippen molar-refractivity contribution in [3.05, 3.63) is 38.9 Å². The molecule has 0 unspecified atom stereocenters. The lowest BCUT2D eigenvalue weighted by atomic mass is 10.1. The summed E-state index contributed by atoms with van der Waals surface area (Å²) in [6.07, 6.45) is 3.30. The molecule has 0 radical (unpaired) electrons. The van der Waals surface area contributed by atoms with Gasteiger partial charge in [0.15, 0.2) is 5.75 Å². The molecule has 16 heavy (non-hydrogen) atoms. The summed E-state index contributed by atoms with van der Waals surface area (Å²) < 4.78 is 4.87. The molecule has 0 heterocycles. The van der Waals surface area contributed by atoms with Crippen LogP contribution in [-0.4, -0.2) is 18.6 Å². The smallest absolute Gasteiger partial charge is 0.311 e. The van der Waals surface area contributed by atoms with Gasteiger partial charge in [0.25, 0.3) is 0 Å². The summed E-state index contributed by atoms with van der Waals surface area (Å²) in [5.41, 5.74) is 5.71. The first-order chi connectivity index (χ1) is 7.60. The minimum Gasteiger partial charge on any atom is -0.490 e. The topological polar surface area (TPSA) is 78.4 Å².